The highest BCUT2D eigenvalue weighted by atomic mass is 16.4. The van der Waals surface area contributed by atoms with Gasteiger partial charge in [0.15, 0.2) is 0 Å². The number of ketones is 1. The average Bonchev–Trinajstić information content (AvgIpc) is 2.78. The molecule has 5 saturated carbocycles. The Morgan fingerprint density at radius 1 is 0.919 bits per heavy atom. The van der Waals surface area contributed by atoms with Crippen LogP contribution in [-0.2, 0) is 14.4 Å². The first-order valence-electron chi connectivity index (χ1n) is 14.9. The third-order valence-corrected chi connectivity index (χ3v) is 13.9. The summed E-state index contributed by atoms with van der Waals surface area (Å²) in [5.74, 6) is -0.446. The molecular formula is C32H50O5. The second kappa shape index (κ2) is 8.15. The van der Waals surface area contributed by atoms with E-state index in [0.717, 1.165) is 51.2 Å². The molecule has 0 spiro atoms. The highest BCUT2D eigenvalue weighted by molar-refractivity contribution is 5.98. The van der Waals surface area contributed by atoms with Crippen LogP contribution in [0, 0.1) is 62.1 Å². The largest absolute Gasteiger partial charge is 0.481 e. The highest BCUT2D eigenvalue weighted by Crippen LogP contribution is 2.77. The van der Waals surface area contributed by atoms with E-state index in [0.29, 0.717) is 12.8 Å². The normalized spacial score (nSPS) is 52.2. The van der Waals surface area contributed by atoms with Gasteiger partial charge in [0.05, 0.1) is 18.4 Å². The van der Waals surface area contributed by atoms with Gasteiger partial charge in [-0.05, 0) is 109 Å². The second-order valence-corrected chi connectivity index (χ2v) is 16.3. The second-order valence-electron chi connectivity index (χ2n) is 16.3. The lowest BCUT2D eigenvalue weighted by molar-refractivity contribution is -0.272. The minimum absolute atomic E-state index is 0.0248. The zero-order valence-corrected chi connectivity index (χ0v) is 24.2. The minimum atomic E-state index is -0.704. The number of aliphatic hydroxyl groups is 1. The van der Waals surface area contributed by atoms with Crippen LogP contribution in [0.5, 0.6) is 0 Å². The molecule has 5 heteroatoms. The van der Waals surface area contributed by atoms with E-state index in [2.05, 4.69) is 34.6 Å². The zero-order chi connectivity index (χ0) is 27.4. The molecule has 5 aliphatic rings. The predicted molar refractivity (Wildman–Crippen MR) is 143 cm³/mol. The van der Waals surface area contributed by atoms with E-state index in [1.165, 1.54) is 0 Å². The van der Waals surface area contributed by atoms with Crippen LogP contribution in [0.15, 0.2) is 0 Å². The number of Topliss-reactive ketones (excluding diaryl/α,β-unsaturated/α-hetero) is 1. The van der Waals surface area contributed by atoms with Crippen molar-refractivity contribution in [1.82, 2.24) is 0 Å². The van der Waals surface area contributed by atoms with Crippen LogP contribution in [0.25, 0.3) is 0 Å². The molecule has 2 N–H and O–H groups in total. The summed E-state index contributed by atoms with van der Waals surface area (Å²) in [6, 6.07) is 0. The Hall–Kier alpha value is -1.23. The quantitative estimate of drug-likeness (QED) is 0.340. The van der Waals surface area contributed by atoms with E-state index in [1.807, 2.05) is 13.8 Å². The molecule has 0 bridgehead atoms. The van der Waals surface area contributed by atoms with Crippen LogP contribution in [0.3, 0.4) is 0 Å². The number of carboxylic acid groups (broad SMARTS) is 1. The molecule has 0 aliphatic heterocycles. The summed E-state index contributed by atoms with van der Waals surface area (Å²) in [5.41, 5.74) is -0.935. The first-order chi connectivity index (χ1) is 17.0. The lowest BCUT2D eigenvalue weighted by atomic mass is 9.30. The van der Waals surface area contributed by atoms with Gasteiger partial charge in [-0.25, -0.2) is 0 Å². The van der Waals surface area contributed by atoms with Crippen LogP contribution < -0.4 is 0 Å². The first-order valence-corrected chi connectivity index (χ1v) is 14.9. The Bertz CT molecular complexity index is 999. The Labute approximate surface area is 223 Å². The van der Waals surface area contributed by atoms with Gasteiger partial charge in [0.2, 0.25) is 0 Å². The Morgan fingerprint density at radius 3 is 2.19 bits per heavy atom. The standard InChI is InChI=1S/C32H50O5/c1-27(2)10-12-32(17-24(35)36)13-11-31(7)25(20(32)16-27)21(34)14-23-29(5)15-19(18-33)26(37)28(3,4)22(29)8-9-30(23,31)6/h18-23,25,34H,8-17H2,1-7H3,(H,35,36)/t19?,20-,21+,22-,23+,25-,29-,30+,31+,32+/m0/s1. The van der Waals surface area contributed by atoms with Crippen molar-refractivity contribution >= 4 is 18.0 Å². The van der Waals surface area contributed by atoms with Crippen molar-refractivity contribution in [3.8, 4) is 0 Å². The van der Waals surface area contributed by atoms with Crippen molar-refractivity contribution in [3.05, 3.63) is 0 Å². The number of aliphatic carboxylic acids is 1. The molecule has 5 rings (SSSR count). The summed E-state index contributed by atoms with van der Waals surface area (Å²) >= 11 is 0. The molecule has 0 aromatic heterocycles. The maximum atomic E-state index is 13.3. The fourth-order valence-electron chi connectivity index (χ4n) is 11.9. The predicted octanol–water partition coefficient (Wildman–Crippen LogP) is 6.31. The number of rotatable bonds is 3. The molecule has 0 aromatic carbocycles. The molecule has 208 valence electrons. The summed E-state index contributed by atoms with van der Waals surface area (Å²) in [6.45, 7) is 15.9. The summed E-state index contributed by atoms with van der Waals surface area (Å²) in [5, 5.41) is 22.1. The van der Waals surface area contributed by atoms with Crippen molar-refractivity contribution in [3.63, 3.8) is 0 Å². The van der Waals surface area contributed by atoms with Gasteiger partial charge in [-0.3, -0.25) is 9.59 Å². The zero-order valence-electron chi connectivity index (χ0n) is 24.2. The van der Waals surface area contributed by atoms with Gasteiger partial charge >= 0.3 is 5.97 Å². The number of hydrogen-bond acceptors (Lipinski definition) is 4. The summed E-state index contributed by atoms with van der Waals surface area (Å²) in [6.07, 6.45) is 8.74. The van der Waals surface area contributed by atoms with E-state index in [1.54, 1.807) is 0 Å². The van der Waals surface area contributed by atoms with Crippen LogP contribution >= 0.6 is 0 Å². The summed E-state index contributed by atoms with van der Waals surface area (Å²) in [4.78, 5) is 37.5. The van der Waals surface area contributed by atoms with Crippen molar-refractivity contribution in [2.75, 3.05) is 0 Å². The van der Waals surface area contributed by atoms with Gasteiger partial charge in [-0.2, -0.15) is 0 Å². The van der Waals surface area contributed by atoms with Crippen molar-refractivity contribution < 1.29 is 24.6 Å². The van der Waals surface area contributed by atoms with Crippen molar-refractivity contribution in [1.29, 1.82) is 0 Å². The number of hydrogen-bond donors (Lipinski definition) is 2. The number of carbonyl (C=O) groups is 3. The molecule has 1 unspecified atom stereocenters. The molecular weight excluding hydrogens is 464 g/mol. The number of aldehydes is 1. The summed E-state index contributed by atoms with van der Waals surface area (Å²) in [7, 11) is 0. The van der Waals surface area contributed by atoms with Gasteiger partial charge in [-0.15, -0.1) is 0 Å². The van der Waals surface area contributed by atoms with E-state index in [9.17, 15) is 24.6 Å². The molecule has 0 heterocycles. The molecule has 0 aromatic rings. The Kier molecular flexibility index (Phi) is 6.02. The van der Waals surface area contributed by atoms with Gasteiger partial charge < -0.3 is 15.0 Å². The topological polar surface area (TPSA) is 91.7 Å². The third kappa shape index (κ3) is 3.54. The maximum Gasteiger partial charge on any atom is 0.303 e. The molecule has 37 heavy (non-hydrogen) atoms. The Balaban J connectivity index is 1.59. The SMILES string of the molecule is CC1(C)CC[C@]2(CC(=O)O)CC[C@]3(C)[C@H]([C@H](O)C[C@@H]4[C@@]5(C)CC(C=O)C(=O)C(C)(C)[C@@H]5CC[C@]43C)[C@@H]2C1. The minimum Gasteiger partial charge on any atom is -0.481 e. The van der Waals surface area contributed by atoms with Crippen LogP contribution in [0.2, 0.25) is 0 Å². The molecule has 5 fully saturated rings. The fraction of sp³-hybridized carbons (Fsp3) is 0.906. The lowest BCUT2D eigenvalue weighted by Crippen LogP contribution is -2.70. The van der Waals surface area contributed by atoms with Crippen LogP contribution in [0.4, 0.5) is 0 Å². The number of carbonyl (C=O) groups excluding carboxylic acids is 2. The average molecular weight is 515 g/mol. The molecule has 10 atom stereocenters. The van der Waals surface area contributed by atoms with E-state index >= 15 is 0 Å². The molecule has 5 aliphatic carbocycles. The Morgan fingerprint density at radius 2 is 1.57 bits per heavy atom. The fourth-order valence-corrected chi connectivity index (χ4v) is 11.9. The molecule has 5 nitrogen and oxygen atoms in total. The van der Waals surface area contributed by atoms with Gasteiger partial charge in [0.1, 0.15) is 12.1 Å². The maximum absolute atomic E-state index is 13.3. The molecule has 0 radical (unpaired) electrons. The number of aliphatic hydroxyl groups excluding tert-OH is 1. The number of fused-ring (bicyclic) bond motifs is 7. The van der Waals surface area contributed by atoms with Crippen LogP contribution in [-0.4, -0.2) is 34.4 Å². The van der Waals surface area contributed by atoms with Crippen LogP contribution in [0.1, 0.15) is 113 Å². The van der Waals surface area contributed by atoms with E-state index in [4.69, 9.17) is 0 Å². The third-order valence-electron chi connectivity index (χ3n) is 13.9. The van der Waals surface area contributed by atoms with Gasteiger partial charge in [0.25, 0.3) is 0 Å². The molecule has 0 saturated heterocycles. The van der Waals surface area contributed by atoms with Crippen molar-refractivity contribution in [2.45, 2.75) is 119 Å². The number of carboxylic acids is 1. The van der Waals surface area contributed by atoms with Crippen molar-refractivity contribution in [2.24, 2.45) is 62.1 Å². The van der Waals surface area contributed by atoms with E-state index in [-0.39, 0.29) is 63.0 Å². The molecule has 0 amide bonds. The van der Waals surface area contributed by atoms with Gasteiger partial charge in [-0.1, -0.05) is 48.5 Å². The smallest absolute Gasteiger partial charge is 0.303 e. The monoisotopic (exact) mass is 514 g/mol. The first kappa shape index (κ1) is 27.3. The van der Waals surface area contributed by atoms with E-state index < -0.39 is 23.4 Å². The van der Waals surface area contributed by atoms with Gasteiger partial charge in [0, 0.05) is 5.41 Å². The summed E-state index contributed by atoms with van der Waals surface area (Å²) < 4.78 is 0. The highest BCUT2D eigenvalue weighted by Gasteiger charge is 2.72. The lowest BCUT2D eigenvalue weighted by Gasteiger charge is -2.74.